The van der Waals surface area contributed by atoms with Crippen LogP contribution in [-0.2, 0) is 11.2 Å². The van der Waals surface area contributed by atoms with Crippen LogP contribution in [0.4, 0.5) is 4.39 Å². The fourth-order valence-electron chi connectivity index (χ4n) is 2.01. The first-order valence-corrected chi connectivity index (χ1v) is 7.56. The highest BCUT2D eigenvalue weighted by molar-refractivity contribution is 9.10. The summed E-state index contributed by atoms with van der Waals surface area (Å²) < 4.78 is 14.3. The lowest BCUT2D eigenvalue weighted by Gasteiger charge is -2.14. The molecule has 20 heavy (non-hydrogen) atoms. The SMILES string of the molecule is CC(O)CC(C)CNC(=O)CCc1ccc(Br)cc1F. The Labute approximate surface area is 127 Å². The Kier molecular flexibility index (Phi) is 7.16. The van der Waals surface area contributed by atoms with Gasteiger partial charge in [0.05, 0.1) is 6.10 Å². The molecule has 0 saturated carbocycles. The van der Waals surface area contributed by atoms with Gasteiger partial charge in [0, 0.05) is 17.4 Å². The number of aliphatic hydroxyl groups is 1. The van der Waals surface area contributed by atoms with Gasteiger partial charge in [-0.05, 0) is 43.4 Å². The van der Waals surface area contributed by atoms with E-state index in [-0.39, 0.29) is 30.2 Å². The smallest absolute Gasteiger partial charge is 0.220 e. The summed E-state index contributed by atoms with van der Waals surface area (Å²) in [6.45, 7) is 4.24. The Morgan fingerprint density at radius 2 is 2.15 bits per heavy atom. The van der Waals surface area contributed by atoms with Crippen LogP contribution in [0.1, 0.15) is 32.3 Å². The van der Waals surface area contributed by atoms with E-state index in [4.69, 9.17) is 0 Å². The molecule has 0 heterocycles. The van der Waals surface area contributed by atoms with Crippen LogP contribution in [-0.4, -0.2) is 23.7 Å². The normalized spacial score (nSPS) is 13.8. The second-order valence-electron chi connectivity index (χ2n) is 5.23. The van der Waals surface area contributed by atoms with Gasteiger partial charge in [0.25, 0.3) is 0 Å². The van der Waals surface area contributed by atoms with Crippen molar-refractivity contribution in [3.8, 4) is 0 Å². The van der Waals surface area contributed by atoms with Gasteiger partial charge in [0.1, 0.15) is 5.82 Å². The minimum Gasteiger partial charge on any atom is -0.393 e. The second-order valence-corrected chi connectivity index (χ2v) is 6.15. The number of hydrogen-bond donors (Lipinski definition) is 2. The first-order valence-electron chi connectivity index (χ1n) is 6.77. The van der Waals surface area contributed by atoms with Crippen LogP contribution in [0.3, 0.4) is 0 Å². The summed E-state index contributed by atoms with van der Waals surface area (Å²) in [5.74, 6) is -0.164. The Morgan fingerprint density at radius 3 is 2.75 bits per heavy atom. The third kappa shape index (κ3) is 6.48. The van der Waals surface area contributed by atoms with E-state index in [0.717, 1.165) is 0 Å². The predicted molar refractivity (Wildman–Crippen MR) is 80.9 cm³/mol. The van der Waals surface area contributed by atoms with Gasteiger partial charge in [-0.15, -0.1) is 0 Å². The van der Waals surface area contributed by atoms with E-state index in [1.165, 1.54) is 6.07 Å². The third-order valence-electron chi connectivity index (χ3n) is 3.03. The number of nitrogens with one attached hydrogen (secondary N) is 1. The minimum atomic E-state index is -0.362. The standard InChI is InChI=1S/C15H21BrFNO2/c1-10(7-11(2)19)9-18-15(20)6-4-12-3-5-13(16)8-14(12)17/h3,5,8,10-11,19H,4,6-7,9H2,1-2H3,(H,18,20). The molecule has 1 rings (SSSR count). The molecule has 0 aliphatic carbocycles. The molecule has 3 nitrogen and oxygen atoms in total. The highest BCUT2D eigenvalue weighted by Crippen LogP contribution is 2.16. The zero-order valence-corrected chi connectivity index (χ0v) is 13.4. The van der Waals surface area contributed by atoms with E-state index >= 15 is 0 Å². The molecular formula is C15H21BrFNO2. The molecule has 112 valence electrons. The van der Waals surface area contributed by atoms with Crippen molar-refractivity contribution in [2.45, 2.75) is 39.2 Å². The number of aliphatic hydroxyl groups excluding tert-OH is 1. The molecule has 1 amide bonds. The molecule has 0 radical (unpaired) electrons. The lowest BCUT2D eigenvalue weighted by molar-refractivity contribution is -0.121. The molecule has 1 aromatic rings. The number of amides is 1. The third-order valence-corrected chi connectivity index (χ3v) is 3.52. The molecule has 0 fully saturated rings. The van der Waals surface area contributed by atoms with E-state index < -0.39 is 0 Å². The molecular weight excluding hydrogens is 325 g/mol. The van der Waals surface area contributed by atoms with Gasteiger partial charge in [0.2, 0.25) is 5.91 Å². The van der Waals surface area contributed by atoms with Crippen LogP contribution >= 0.6 is 15.9 Å². The number of hydrogen-bond acceptors (Lipinski definition) is 2. The summed E-state index contributed by atoms with van der Waals surface area (Å²) in [6.07, 6.45) is 0.941. The zero-order chi connectivity index (χ0) is 15.1. The van der Waals surface area contributed by atoms with Gasteiger partial charge < -0.3 is 10.4 Å². The maximum absolute atomic E-state index is 13.6. The van der Waals surface area contributed by atoms with E-state index in [2.05, 4.69) is 21.2 Å². The fourth-order valence-corrected chi connectivity index (χ4v) is 2.35. The van der Waals surface area contributed by atoms with Gasteiger partial charge in [-0.25, -0.2) is 4.39 Å². The first kappa shape index (κ1) is 17.1. The lowest BCUT2D eigenvalue weighted by Crippen LogP contribution is -2.29. The van der Waals surface area contributed by atoms with Crippen LogP contribution in [0.5, 0.6) is 0 Å². The predicted octanol–water partition coefficient (Wildman–Crippen LogP) is 3.04. The Balaban J connectivity index is 2.33. The number of carbonyl (C=O) groups excluding carboxylic acids is 1. The highest BCUT2D eigenvalue weighted by Gasteiger charge is 2.10. The van der Waals surface area contributed by atoms with Gasteiger partial charge in [-0.1, -0.05) is 28.9 Å². The van der Waals surface area contributed by atoms with E-state index in [9.17, 15) is 14.3 Å². The van der Waals surface area contributed by atoms with Crippen LogP contribution in [0.2, 0.25) is 0 Å². The van der Waals surface area contributed by atoms with Crippen molar-refractivity contribution in [1.82, 2.24) is 5.32 Å². The molecule has 1 aromatic carbocycles. The van der Waals surface area contributed by atoms with Crippen LogP contribution in [0, 0.1) is 11.7 Å². The van der Waals surface area contributed by atoms with Crippen molar-refractivity contribution in [2.75, 3.05) is 6.54 Å². The Hall–Kier alpha value is -0.940. The average Bonchev–Trinajstić information content (AvgIpc) is 2.34. The maximum Gasteiger partial charge on any atom is 0.220 e. The second kappa shape index (κ2) is 8.37. The van der Waals surface area contributed by atoms with E-state index in [1.807, 2.05) is 6.92 Å². The van der Waals surface area contributed by atoms with E-state index in [0.29, 0.717) is 29.4 Å². The first-order chi connectivity index (χ1) is 9.38. The van der Waals surface area contributed by atoms with Gasteiger partial charge in [-0.3, -0.25) is 4.79 Å². The van der Waals surface area contributed by atoms with Crippen molar-refractivity contribution >= 4 is 21.8 Å². The molecule has 5 heteroatoms. The number of rotatable bonds is 7. The summed E-state index contributed by atoms with van der Waals surface area (Å²) in [5.41, 5.74) is 0.542. The van der Waals surface area contributed by atoms with Crippen molar-refractivity contribution in [3.05, 3.63) is 34.1 Å². The molecule has 0 saturated heterocycles. The molecule has 0 spiro atoms. The summed E-state index contributed by atoms with van der Waals surface area (Å²) in [4.78, 5) is 11.7. The van der Waals surface area contributed by atoms with Crippen LogP contribution < -0.4 is 5.32 Å². The summed E-state index contributed by atoms with van der Waals surface area (Å²) in [5, 5.41) is 12.0. The number of aryl methyl sites for hydroxylation is 1. The summed E-state index contributed by atoms with van der Waals surface area (Å²) >= 11 is 3.20. The molecule has 0 aliphatic rings. The lowest BCUT2D eigenvalue weighted by atomic mass is 10.0. The molecule has 2 unspecified atom stereocenters. The van der Waals surface area contributed by atoms with Gasteiger partial charge in [-0.2, -0.15) is 0 Å². The van der Waals surface area contributed by atoms with Gasteiger partial charge >= 0.3 is 0 Å². The van der Waals surface area contributed by atoms with E-state index in [1.54, 1.807) is 19.1 Å². The molecule has 2 N–H and O–H groups in total. The Bertz CT molecular complexity index is 451. The fraction of sp³-hybridized carbons (Fsp3) is 0.533. The topological polar surface area (TPSA) is 49.3 Å². The summed E-state index contributed by atoms with van der Waals surface area (Å²) in [6, 6.07) is 4.85. The number of benzene rings is 1. The van der Waals surface area contributed by atoms with Crippen LogP contribution in [0.25, 0.3) is 0 Å². The molecule has 0 aromatic heterocycles. The average molecular weight is 346 g/mol. The monoisotopic (exact) mass is 345 g/mol. The molecule has 0 aliphatic heterocycles. The Morgan fingerprint density at radius 1 is 1.45 bits per heavy atom. The minimum absolute atomic E-state index is 0.0928. The summed E-state index contributed by atoms with van der Waals surface area (Å²) in [7, 11) is 0. The van der Waals surface area contributed by atoms with Crippen molar-refractivity contribution in [3.63, 3.8) is 0 Å². The zero-order valence-electron chi connectivity index (χ0n) is 11.8. The number of carbonyl (C=O) groups is 1. The highest BCUT2D eigenvalue weighted by atomic mass is 79.9. The largest absolute Gasteiger partial charge is 0.393 e. The van der Waals surface area contributed by atoms with Crippen LogP contribution in [0.15, 0.2) is 22.7 Å². The van der Waals surface area contributed by atoms with Crippen molar-refractivity contribution in [2.24, 2.45) is 5.92 Å². The molecule has 0 bridgehead atoms. The molecule has 2 atom stereocenters. The maximum atomic E-state index is 13.6. The number of halogens is 2. The quantitative estimate of drug-likeness (QED) is 0.797. The van der Waals surface area contributed by atoms with Crippen molar-refractivity contribution in [1.29, 1.82) is 0 Å². The van der Waals surface area contributed by atoms with Crippen molar-refractivity contribution < 1.29 is 14.3 Å². The van der Waals surface area contributed by atoms with Gasteiger partial charge in [0.15, 0.2) is 0 Å².